The summed E-state index contributed by atoms with van der Waals surface area (Å²) < 4.78 is 5.84. The first kappa shape index (κ1) is 17.5. The number of nitrogens with one attached hydrogen (secondary N) is 1. The molecule has 0 unspecified atom stereocenters. The summed E-state index contributed by atoms with van der Waals surface area (Å²) in [6, 6.07) is 6.38. The van der Waals surface area contributed by atoms with Gasteiger partial charge in [-0.3, -0.25) is 9.69 Å². The Kier molecular flexibility index (Phi) is 7.23. The Balaban J connectivity index is 2.41. The van der Waals surface area contributed by atoms with E-state index >= 15 is 0 Å². The van der Waals surface area contributed by atoms with Crippen LogP contribution < -0.4 is 10.1 Å². The molecule has 1 rings (SSSR count). The van der Waals surface area contributed by atoms with Crippen LogP contribution in [0.15, 0.2) is 18.2 Å². The Hall–Kier alpha value is -1.55. The van der Waals surface area contributed by atoms with Gasteiger partial charge in [0.05, 0.1) is 6.54 Å². The second-order valence-corrected chi connectivity index (χ2v) is 5.71. The van der Waals surface area contributed by atoms with Crippen LogP contribution >= 0.6 is 0 Å². The highest BCUT2D eigenvalue weighted by atomic mass is 16.5. The molecule has 0 aliphatic heterocycles. The molecule has 0 aliphatic rings. The van der Waals surface area contributed by atoms with Gasteiger partial charge in [0.15, 0.2) is 0 Å². The maximum atomic E-state index is 11.8. The Morgan fingerprint density at radius 3 is 2.67 bits per heavy atom. The highest BCUT2D eigenvalue weighted by Crippen LogP contribution is 2.18. The lowest BCUT2D eigenvalue weighted by atomic mass is 10.1. The number of benzene rings is 1. The van der Waals surface area contributed by atoms with E-state index < -0.39 is 0 Å². The molecule has 0 atom stereocenters. The van der Waals surface area contributed by atoms with Crippen molar-refractivity contribution in [2.45, 2.75) is 40.7 Å². The topological polar surface area (TPSA) is 41.6 Å². The van der Waals surface area contributed by atoms with Crippen molar-refractivity contribution in [3.8, 4) is 5.75 Å². The number of rotatable bonds is 8. The molecule has 0 spiro atoms. The van der Waals surface area contributed by atoms with Crippen molar-refractivity contribution in [3.05, 3.63) is 29.3 Å². The standard InChI is InChI=1S/C17H28N2O2/c1-6-19(12-17(20)18-13(2)3)9-10-21-16-11-14(4)7-8-15(16)5/h7-8,11,13H,6,9-10,12H2,1-5H3,(H,18,20). The van der Waals surface area contributed by atoms with Crippen LogP contribution in [0.3, 0.4) is 0 Å². The van der Waals surface area contributed by atoms with E-state index in [0.29, 0.717) is 13.2 Å². The molecule has 0 radical (unpaired) electrons. The fraction of sp³-hybridized carbons (Fsp3) is 0.588. The summed E-state index contributed by atoms with van der Waals surface area (Å²) in [5.74, 6) is 0.997. The van der Waals surface area contributed by atoms with Gasteiger partial charge in [0, 0.05) is 12.6 Å². The lowest BCUT2D eigenvalue weighted by molar-refractivity contribution is -0.122. The maximum absolute atomic E-state index is 11.8. The molecule has 4 nitrogen and oxygen atoms in total. The van der Waals surface area contributed by atoms with Crippen LogP contribution in [0.1, 0.15) is 31.9 Å². The molecule has 1 aromatic carbocycles. The van der Waals surface area contributed by atoms with E-state index in [9.17, 15) is 4.79 Å². The molecule has 1 aromatic rings. The van der Waals surface area contributed by atoms with Crippen molar-refractivity contribution in [3.63, 3.8) is 0 Å². The zero-order valence-corrected chi connectivity index (χ0v) is 13.9. The summed E-state index contributed by atoms with van der Waals surface area (Å²) in [4.78, 5) is 13.8. The molecule has 0 saturated carbocycles. The van der Waals surface area contributed by atoms with Gasteiger partial charge in [0.25, 0.3) is 0 Å². The van der Waals surface area contributed by atoms with Crippen LogP contribution in [0.25, 0.3) is 0 Å². The van der Waals surface area contributed by atoms with Gasteiger partial charge in [0.1, 0.15) is 12.4 Å². The molecule has 1 amide bonds. The fourth-order valence-corrected chi connectivity index (χ4v) is 2.07. The number of likely N-dealkylation sites (N-methyl/N-ethyl adjacent to an activating group) is 1. The first-order valence-electron chi connectivity index (χ1n) is 7.64. The lowest BCUT2D eigenvalue weighted by Gasteiger charge is -2.21. The van der Waals surface area contributed by atoms with Crippen LogP contribution in [0, 0.1) is 13.8 Å². The summed E-state index contributed by atoms with van der Waals surface area (Å²) in [5, 5.41) is 2.91. The molecule has 0 aliphatic carbocycles. The van der Waals surface area contributed by atoms with Crippen molar-refractivity contribution in [1.82, 2.24) is 10.2 Å². The Labute approximate surface area is 128 Å². The third-order valence-electron chi connectivity index (χ3n) is 3.27. The van der Waals surface area contributed by atoms with Gasteiger partial charge in [-0.2, -0.15) is 0 Å². The molecule has 4 heteroatoms. The van der Waals surface area contributed by atoms with Gasteiger partial charge in [-0.25, -0.2) is 0 Å². The maximum Gasteiger partial charge on any atom is 0.234 e. The summed E-state index contributed by atoms with van der Waals surface area (Å²) in [5.41, 5.74) is 2.33. The van der Waals surface area contributed by atoms with Crippen LogP contribution in [0.5, 0.6) is 5.75 Å². The van der Waals surface area contributed by atoms with Gasteiger partial charge in [-0.05, 0) is 51.4 Å². The van der Waals surface area contributed by atoms with E-state index in [0.717, 1.165) is 24.4 Å². The molecule has 0 aromatic heterocycles. The van der Waals surface area contributed by atoms with Crippen LogP contribution in [-0.2, 0) is 4.79 Å². The summed E-state index contributed by atoms with van der Waals surface area (Å²) in [6.45, 7) is 12.7. The van der Waals surface area contributed by atoms with Crippen molar-refractivity contribution < 1.29 is 9.53 Å². The zero-order chi connectivity index (χ0) is 15.8. The molecule has 0 fully saturated rings. The SMILES string of the molecule is CCN(CCOc1cc(C)ccc1C)CC(=O)NC(C)C. The van der Waals surface area contributed by atoms with Gasteiger partial charge >= 0.3 is 0 Å². The number of hydrogen-bond donors (Lipinski definition) is 1. The average molecular weight is 292 g/mol. The van der Waals surface area contributed by atoms with Crippen molar-refractivity contribution in [2.24, 2.45) is 0 Å². The van der Waals surface area contributed by atoms with Crippen LogP contribution in [0.4, 0.5) is 0 Å². The van der Waals surface area contributed by atoms with Crippen LogP contribution in [-0.4, -0.2) is 43.1 Å². The smallest absolute Gasteiger partial charge is 0.234 e. The molecule has 0 bridgehead atoms. The van der Waals surface area contributed by atoms with Crippen molar-refractivity contribution in [1.29, 1.82) is 0 Å². The Morgan fingerprint density at radius 2 is 2.05 bits per heavy atom. The minimum Gasteiger partial charge on any atom is -0.492 e. The minimum absolute atomic E-state index is 0.0681. The normalized spacial score (nSPS) is 11.0. The van der Waals surface area contributed by atoms with Crippen molar-refractivity contribution in [2.75, 3.05) is 26.2 Å². The lowest BCUT2D eigenvalue weighted by Crippen LogP contribution is -2.41. The number of hydrogen-bond acceptors (Lipinski definition) is 3. The molecule has 0 saturated heterocycles. The number of carbonyl (C=O) groups is 1. The third-order valence-corrected chi connectivity index (χ3v) is 3.27. The number of carbonyl (C=O) groups excluding carboxylic acids is 1. The van der Waals surface area contributed by atoms with Gasteiger partial charge in [-0.15, -0.1) is 0 Å². The second kappa shape index (κ2) is 8.67. The minimum atomic E-state index is 0.0681. The Bertz CT molecular complexity index is 458. The van der Waals surface area contributed by atoms with Gasteiger partial charge in [0.2, 0.25) is 5.91 Å². The van der Waals surface area contributed by atoms with Gasteiger partial charge in [-0.1, -0.05) is 19.1 Å². The van der Waals surface area contributed by atoms with Crippen molar-refractivity contribution >= 4 is 5.91 Å². The summed E-state index contributed by atoms with van der Waals surface area (Å²) >= 11 is 0. The van der Waals surface area contributed by atoms with Crippen LogP contribution in [0.2, 0.25) is 0 Å². The Morgan fingerprint density at radius 1 is 1.33 bits per heavy atom. The predicted octanol–water partition coefficient (Wildman–Crippen LogP) is 2.53. The number of amides is 1. The first-order valence-corrected chi connectivity index (χ1v) is 7.64. The fourth-order valence-electron chi connectivity index (χ4n) is 2.07. The predicted molar refractivity (Wildman–Crippen MR) is 86.8 cm³/mol. The second-order valence-electron chi connectivity index (χ2n) is 5.71. The average Bonchev–Trinajstić information content (AvgIpc) is 2.40. The molecular weight excluding hydrogens is 264 g/mol. The molecular formula is C17H28N2O2. The molecule has 1 N–H and O–H groups in total. The number of ether oxygens (including phenoxy) is 1. The van der Waals surface area contributed by atoms with E-state index in [-0.39, 0.29) is 11.9 Å². The monoisotopic (exact) mass is 292 g/mol. The molecule has 0 heterocycles. The summed E-state index contributed by atoms with van der Waals surface area (Å²) in [7, 11) is 0. The van der Waals surface area contributed by atoms with E-state index in [1.807, 2.05) is 20.8 Å². The zero-order valence-electron chi connectivity index (χ0n) is 13.9. The molecule has 118 valence electrons. The first-order chi connectivity index (χ1) is 9.92. The largest absolute Gasteiger partial charge is 0.492 e. The highest BCUT2D eigenvalue weighted by molar-refractivity contribution is 5.78. The van der Waals surface area contributed by atoms with E-state index in [4.69, 9.17) is 4.74 Å². The number of nitrogens with zero attached hydrogens (tertiary/aromatic N) is 1. The van der Waals surface area contributed by atoms with E-state index in [2.05, 4.69) is 42.3 Å². The highest BCUT2D eigenvalue weighted by Gasteiger charge is 2.10. The third kappa shape index (κ3) is 6.63. The number of aryl methyl sites for hydroxylation is 2. The quantitative estimate of drug-likeness (QED) is 0.800. The van der Waals surface area contributed by atoms with Gasteiger partial charge < -0.3 is 10.1 Å². The summed E-state index contributed by atoms with van der Waals surface area (Å²) in [6.07, 6.45) is 0. The van der Waals surface area contributed by atoms with E-state index in [1.54, 1.807) is 0 Å². The van der Waals surface area contributed by atoms with E-state index in [1.165, 1.54) is 5.56 Å². The molecule has 21 heavy (non-hydrogen) atoms.